The first-order valence-electron chi connectivity index (χ1n) is 5.55. The highest BCUT2D eigenvalue weighted by Crippen LogP contribution is 2.41. The van der Waals surface area contributed by atoms with Crippen LogP contribution in [0.25, 0.3) is 10.2 Å². The minimum Gasteiger partial charge on any atom is -0.447 e. The second kappa shape index (κ2) is 3.68. The van der Waals surface area contributed by atoms with Crippen molar-refractivity contribution < 1.29 is 9.47 Å². The van der Waals surface area contributed by atoms with E-state index < -0.39 is 6.29 Å². The van der Waals surface area contributed by atoms with Crippen LogP contribution < -0.4 is 9.47 Å². The summed E-state index contributed by atoms with van der Waals surface area (Å²) in [6, 6.07) is 13.6. The number of nitrogens with zero attached hydrogens (tertiary/aromatic N) is 2. The summed E-state index contributed by atoms with van der Waals surface area (Å²) in [6.45, 7) is 0. The maximum absolute atomic E-state index is 5.79. The van der Waals surface area contributed by atoms with E-state index in [9.17, 15) is 0 Å². The van der Waals surface area contributed by atoms with E-state index in [1.807, 2.05) is 42.5 Å². The maximum atomic E-state index is 5.79. The van der Waals surface area contributed by atoms with Gasteiger partial charge in [0, 0.05) is 0 Å². The summed E-state index contributed by atoms with van der Waals surface area (Å²) in [6.07, 6.45) is -0.435. The Labute approximate surface area is 107 Å². The third-order valence-corrected chi connectivity index (χ3v) is 3.57. The van der Waals surface area contributed by atoms with E-state index in [-0.39, 0.29) is 0 Å². The molecule has 88 valence electrons. The van der Waals surface area contributed by atoms with Gasteiger partial charge in [0.15, 0.2) is 11.5 Å². The van der Waals surface area contributed by atoms with Crippen LogP contribution in [-0.4, -0.2) is 9.59 Å². The number of hydrogen-bond acceptors (Lipinski definition) is 5. The summed E-state index contributed by atoms with van der Waals surface area (Å²) >= 11 is 1.37. The summed E-state index contributed by atoms with van der Waals surface area (Å²) in [7, 11) is 0. The molecular weight excluding hydrogens is 248 g/mol. The van der Waals surface area contributed by atoms with Gasteiger partial charge in [-0.25, -0.2) is 0 Å². The summed E-state index contributed by atoms with van der Waals surface area (Å²) < 4.78 is 16.6. The van der Waals surface area contributed by atoms with Crippen LogP contribution >= 0.6 is 11.5 Å². The average Bonchev–Trinajstić information content (AvgIpc) is 3.04. The molecular formula is C13H8N2O2S. The van der Waals surface area contributed by atoms with Crippen LogP contribution in [0.1, 0.15) is 11.9 Å². The number of ether oxygens (including phenoxy) is 2. The molecule has 2 aromatic carbocycles. The number of para-hydroxylation sites is 2. The fourth-order valence-electron chi connectivity index (χ4n) is 2.04. The number of benzene rings is 2. The van der Waals surface area contributed by atoms with E-state index in [2.05, 4.69) is 9.59 Å². The molecule has 2 heterocycles. The second-order valence-electron chi connectivity index (χ2n) is 3.98. The van der Waals surface area contributed by atoms with Gasteiger partial charge in [-0.2, -0.15) is 0 Å². The quantitative estimate of drug-likeness (QED) is 0.671. The van der Waals surface area contributed by atoms with Crippen molar-refractivity contribution in [3.05, 3.63) is 48.0 Å². The molecule has 5 heteroatoms. The van der Waals surface area contributed by atoms with Crippen molar-refractivity contribution in [3.8, 4) is 11.5 Å². The Balaban J connectivity index is 1.80. The van der Waals surface area contributed by atoms with Crippen molar-refractivity contribution in [2.24, 2.45) is 0 Å². The van der Waals surface area contributed by atoms with Gasteiger partial charge in [-0.15, -0.1) is 5.10 Å². The standard InChI is InChI=1S/C13H8N2O2S/c1-2-6-10-9(5-1)16-13(17-10)8-4-3-7-11-12(8)14-15-18-11/h1-7,13H. The molecule has 0 amide bonds. The van der Waals surface area contributed by atoms with Gasteiger partial charge in [-0.05, 0) is 35.8 Å². The molecule has 0 aliphatic carbocycles. The van der Waals surface area contributed by atoms with Gasteiger partial charge in [-0.3, -0.25) is 0 Å². The maximum Gasteiger partial charge on any atom is 0.270 e. The van der Waals surface area contributed by atoms with E-state index in [0.717, 1.165) is 27.3 Å². The highest BCUT2D eigenvalue weighted by Gasteiger charge is 2.27. The lowest BCUT2D eigenvalue weighted by molar-refractivity contribution is 0.0499. The zero-order valence-corrected chi connectivity index (χ0v) is 10.1. The van der Waals surface area contributed by atoms with Crippen LogP contribution in [0.3, 0.4) is 0 Å². The molecule has 0 atom stereocenters. The van der Waals surface area contributed by atoms with Gasteiger partial charge < -0.3 is 9.47 Å². The third kappa shape index (κ3) is 1.37. The fraction of sp³-hybridized carbons (Fsp3) is 0.0769. The van der Waals surface area contributed by atoms with Crippen molar-refractivity contribution in [2.45, 2.75) is 6.29 Å². The lowest BCUT2D eigenvalue weighted by atomic mass is 10.2. The minimum absolute atomic E-state index is 0.435. The number of aromatic nitrogens is 2. The predicted octanol–water partition coefficient (Wildman–Crippen LogP) is 3.16. The Bertz CT molecular complexity index is 701. The van der Waals surface area contributed by atoms with Crippen LogP contribution in [0.4, 0.5) is 0 Å². The van der Waals surface area contributed by atoms with Gasteiger partial charge in [0.05, 0.1) is 10.3 Å². The number of hydrogen-bond donors (Lipinski definition) is 0. The first-order chi connectivity index (χ1) is 8.92. The molecule has 4 rings (SSSR count). The molecule has 0 unspecified atom stereocenters. The van der Waals surface area contributed by atoms with E-state index in [0.29, 0.717) is 0 Å². The van der Waals surface area contributed by atoms with Crippen molar-refractivity contribution in [3.63, 3.8) is 0 Å². The molecule has 0 N–H and O–H groups in total. The summed E-state index contributed by atoms with van der Waals surface area (Å²) in [5.74, 6) is 1.53. The molecule has 1 aliphatic rings. The van der Waals surface area contributed by atoms with E-state index in [4.69, 9.17) is 9.47 Å². The Kier molecular flexibility index (Phi) is 2.01. The average molecular weight is 256 g/mol. The molecule has 3 aromatic rings. The molecule has 0 bridgehead atoms. The first kappa shape index (κ1) is 9.85. The highest BCUT2D eigenvalue weighted by molar-refractivity contribution is 7.12. The van der Waals surface area contributed by atoms with Crippen LogP contribution in [-0.2, 0) is 0 Å². The van der Waals surface area contributed by atoms with Gasteiger partial charge in [0.2, 0.25) is 0 Å². The van der Waals surface area contributed by atoms with E-state index in [1.165, 1.54) is 11.5 Å². The van der Waals surface area contributed by atoms with Gasteiger partial charge in [-0.1, -0.05) is 22.7 Å². The van der Waals surface area contributed by atoms with Crippen molar-refractivity contribution in [2.75, 3.05) is 0 Å². The van der Waals surface area contributed by atoms with E-state index in [1.54, 1.807) is 0 Å². The van der Waals surface area contributed by atoms with Crippen LogP contribution in [0.5, 0.6) is 11.5 Å². The van der Waals surface area contributed by atoms with Crippen LogP contribution in [0.15, 0.2) is 42.5 Å². The SMILES string of the molecule is c1ccc2c(c1)OC(c1cccc3snnc13)O2. The predicted molar refractivity (Wildman–Crippen MR) is 67.9 cm³/mol. The van der Waals surface area contributed by atoms with Crippen molar-refractivity contribution >= 4 is 21.7 Å². The topological polar surface area (TPSA) is 44.2 Å². The zero-order chi connectivity index (χ0) is 11.9. The summed E-state index contributed by atoms with van der Waals surface area (Å²) in [5.41, 5.74) is 1.76. The smallest absolute Gasteiger partial charge is 0.270 e. The lowest BCUT2D eigenvalue weighted by Gasteiger charge is -2.10. The molecule has 0 spiro atoms. The number of fused-ring (bicyclic) bond motifs is 2. The van der Waals surface area contributed by atoms with Crippen LogP contribution in [0.2, 0.25) is 0 Å². The lowest BCUT2D eigenvalue weighted by Crippen LogP contribution is -2.08. The van der Waals surface area contributed by atoms with Crippen molar-refractivity contribution in [1.29, 1.82) is 0 Å². The molecule has 0 fully saturated rings. The number of rotatable bonds is 1. The second-order valence-corrected chi connectivity index (χ2v) is 4.77. The Morgan fingerprint density at radius 3 is 2.50 bits per heavy atom. The fourth-order valence-corrected chi connectivity index (χ4v) is 2.64. The van der Waals surface area contributed by atoms with Crippen LogP contribution in [0, 0.1) is 0 Å². The highest BCUT2D eigenvalue weighted by atomic mass is 32.1. The molecule has 0 radical (unpaired) electrons. The van der Waals surface area contributed by atoms with Gasteiger partial charge in [0.25, 0.3) is 6.29 Å². The molecule has 1 aromatic heterocycles. The molecule has 0 saturated heterocycles. The molecule has 4 nitrogen and oxygen atoms in total. The molecule has 18 heavy (non-hydrogen) atoms. The van der Waals surface area contributed by atoms with E-state index >= 15 is 0 Å². The van der Waals surface area contributed by atoms with Gasteiger partial charge in [0.1, 0.15) is 5.52 Å². The molecule has 1 aliphatic heterocycles. The Hall–Kier alpha value is -2.14. The summed E-state index contributed by atoms with van der Waals surface area (Å²) in [5, 5.41) is 4.13. The largest absolute Gasteiger partial charge is 0.447 e. The minimum atomic E-state index is -0.435. The first-order valence-corrected chi connectivity index (χ1v) is 6.32. The normalized spacial score (nSPS) is 14.2. The zero-order valence-electron chi connectivity index (χ0n) is 9.24. The monoisotopic (exact) mass is 256 g/mol. The third-order valence-electron chi connectivity index (χ3n) is 2.88. The Morgan fingerprint density at radius 2 is 1.72 bits per heavy atom. The van der Waals surface area contributed by atoms with Crippen molar-refractivity contribution in [1.82, 2.24) is 9.59 Å². The van der Waals surface area contributed by atoms with Gasteiger partial charge >= 0.3 is 0 Å². The summed E-state index contributed by atoms with van der Waals surface area (Å²) in [4.78, 5) is 0. The molecule has 0 saturated carbocycles. The Morgan fingerprint density at radius 1 is 0.944 bits per heavy atom.